The van der Waals surface area contributed by atoms with Gasteiger partial charge in [-0.3, -0.25) is 4.79 Å². The molecule has 2 rings (SSSR count). The predicted molar refractivity (Wildman–Crippen MR) is 77.6 cm³/mol. The van der Waals surface area contributed by atoms with Crippen LogP contribution in [-0.2, 0) is 11.3 Å². The molecule has 1 aromatic heterocycles. The van der Waals surface area contributed by atoms with Gasteiger partial charge in [-0.25, -0.2) is 4.98 Å². The first kappa shape index (κ1) is 15.0. The Morgan fingerprint density at radius 1 is 1.62 bits per heavy atom. The molecule has 7 heteroatoms. The SMILES string of the molecule is C[C@](O)(Cn1ccnc1)C(=O)Nc1ccc(C#N)c(Cl)c1. The van der Waals surface area contributed by atoms with Gasteiger partial charge >= 0.3 is 0 Å². The summed E-state index contributed by atoms with van der Waals surface area (Å²) in [4.78, 5) is 16.0. The fourth-order valence-electron chi connectivity index (χ4n) is 1.76. The summed E-state index contributed by atoms with van der Waals surface area (Å²) in [6.07, 6.45) is 4.73. The highest BCUT2D eigenvalue weighted by atomic mass is 35.5. The van der Waals surface area contributed by atoms with Crippen LogP contribution in [0.15, 0.2) is 36.9 Å². The van der Waals surface area contributed by atoms with Crippen molar-refractivity contribution in [2.45, 2.75) is 19.1 Å². The van der Waals surface area contributed by atoms with E-state index in [4.69, 9.17) is 16.9 Å². The zero-order chi connectivity index (χ0) is 15.5. The number of aliphatic hydroxyl groups is 1. The second-order valence-corrected chi connectivity index (χ2v) is 5.18. The Bertz CT molecular complexity index is 689. The van der Waals surface area contributed by atoms with Crippen molar-refractivity contribution in [1.82, 2.24) is 9.55 Å². The van der Waals surface area contributed by atoms with E-state index in [-0.39, 0.29) is 11.6 Å². The average molecular weight is 305 g/mol. The van der Waals surface area contributed by atoms with Gasteiger partial charge in [0.25, 0.3) is 5.91 Å². The standard InChI is InChI=1S/C14H13ClN4O2/c1-14(21,8-19-5-4-17-9-19)13(20)18-11-3-2-10(7-16)12(15)6-11/h2-6,9,21H,8H2,1H3,(H,18,20)/t14-/m0/s1. The number of nitrogens with one attached hydrogen (secondary N) is 1. The van der Waals surface area contributed by atoms with Crippen LogP contribution >= 0.6 is 11.6 Å². The van der Waals surface area contributed by atoms with Crippen LogP contribution in [-0.4, -0.2) is 26.2 Å². The number of carbonyl (C=O) groups excluding carboxylic acids is 1. The highest BCUT2D eigenvalue weighted by Gasteiger charge is 2.30. The molecule has 0 saturated carbocycles. The average Bonchev–Trinajstić information content (AvgIpc) is 2.91. The molecule has 6 nitrogen and oxygen atoms in total. The number of hydrogen-bond donors (Lipinski definition) is 2. The number of amides is 1. The van der Waals surface area contributed by atoms with Gasteiger partial charge in [-0.15, -0.1) is 0 Å². The van der Waals surface area contributed by atoms with Gasteiger partial charge in [0.05, 0.1) is 23.5 Å². The third kappa shape index (κ3) is 3.60. The van der Waals surface area contributed by atoms with Gasteiger partial charge in [0.2, 0.25) is 0 Å². The molecule has 0 aliphatic heterocycles. The minimum atomic E-state index is -1.61. The van der Waals surface area contributed by atoms with Crippen LogP contribution in [0.3, 0.4) is 0 Å². The molecular formula is C14H13ClN4O2. The fraction of sp³-hybridized carbons (Fsp3) is 0.214. The Morgan fingerprint density at radius 2 is 2.38 bits per heavy atom. The van der Waals surface area contributed by atoms with E-state index in [0.29, 0.717) is 11.3 Å². The number of carbonyl (C=O) groups is 1. The van der Waals surface area contributed by atoms with Gasteiger partial charge in [0, 0.05) is 18.1 Å². The highest BCUT2D eigenvalue weighted by molar-refractivity contribution is 6.32. The van der Waals surface area contributed by atoms with Gasteiger partial charge in [0.15, 0.2) is 5.60 Å². The maximum Gasteiger partial charge on any atom is 0.257 e. The summed E-state index contributed by atoms with van der Waals surface area (Å²) in [6.45, 7) is 1.48. The van der Waals surface area contributed by atoms with E-state index in [2.05, 4.69) is 10.3 Å². The summed E-state index contributed by atoms with van der Waals surface area (Å²) in [7, 11) is 0. The Morgan fingerprint density at radius 3 is 2.95 bits per heavy atom. The van der Waals surface area contributed by atoms with Gasteiger partial charge in [-0.2, -0.15) is 5.26 Å². The van der Waals surface area contributed by atoms with Crippen LogP contribution < -0.4 is 5.32 Å². The van der Waals surface area contributed by atoms with E-state index >= 15 is 0 Å². The second kappa shape index (κ2) is 5.95. The van der Waals surface area contributed by atoms with Crippen molar-refractivity contribution in [2.24, 2.45) is 0 Å². The van der Waals surface area contributed by atoms with Gasteiger partial charge in [-0.05, 0) is 25.1 Å². The molecule has 1 aromatic carbocycles. The summed E-state index contributed by atoms with van der Waals surface area (Å²) in [6, 6.07) is 6.45. The third-order valence-electron chi connectivity index (χ3n) is 2.89. The lowest BCUT2D eigenvalue weighted by Gasteiger charge is -2.22. The summed E-state index contributed by atoms with van der Waals surface area (Å²) in [5, 5.41) is 21.8. The van der Waals surface area contributed by atoms with Crippen molar-refractivity contribution in [3.05, 3.63) is 47.5 Å². The molecule has 0 aliphatic rings. The molecule has 2 aromatic rings. The molecule has 0 bridgehead atoms. The lowest BCUT2D eigenvalue weighted by molar-refractivity contribution is -0.133. The minimum Gasteiger partial charge on any atom is -0.378 e. The zero-order valence-electron chi connectivity index (χ0n) is 11.2. The minimum absolute atomic E-state index is 0.0723. The Labute approximate surface area is 126 Å². The molecule has 0 unspecified atom stereocenters. The lowest BCUT2D eigenvalue weighted by Crippen LogP contribution is -2.43. The molecule has 21 heavy (non-hydrogen) atoms. The van der Waals surface area contributed by atoms with Crippen molar-refractivity contribution in [2.75, 3.05) is 5.32 Å². The second-order valence-electron chi connectivity index (χ2n) is 4.77. The fourth-order valence-corrected chi connectivity index (χ4v) is 1.98. The topological polar surface area (TPSA) is 90.9 Å². The van der Waals surface area contributed by atoms with Crippen molar-refractivity contribution >= 4 is 23.2 Å². The van der Waals surface area contributed by atoms with E-state index in [1.54, 1.807) is 23.0 Å². The number of imidazole rings is 1. The molecule has 0 radical (unpaired) electrons. The maximum absolute atomic E-state index is 12.1. The number of anilines is 1. The quantitative estimate of drug-likeness (QED) is 0.901. The first-order chi connectivity index (χ1) is 9.92. The van der Waals surface area contributed by atoms with E-state index in [1.165, 1.54) is 25.4 Å². The molecule has 0 spiro atoms. The Hall–Kier alpha value is -2.36. The number of nitriles is 1. The van der Waals surface area contributed by atoms with E-state index in [1.807, 2.05) is 6.07 Å². The van der Waals surface area contributed by atoms with E-state index < -0.39 is 11.5 Å². The number of rotatable bonds is 4. The largest absolute Gasteiger partial charge is 0.378 e. The first-order valence-corrected chi connectivity index (χ1v) is 6.49. The molecule has 1 amide bonds. The van der Waals surface area contributed by atoms with Crippen molar-refractivity contribution in [1.29, 1.82) is 5.26 Å². The smallest absolute Gasteiger partial charge is 0.257 e. The molecule has 0 aliphatic carbocycles. The van der Waals surface area contributed by atoms with Crippen molar-refractivity contribution < 1.29 is 9.90 Å². The molecule has 2 N–H and O–H groups in total. The Balaban J connectivity index is 2.10. The molecule has 108 valence electrons. The molecule has 0 fully saturated rings. The van der Waals surface area contributed by atoms with Gasteiger partial charge < -0.3 is 15.0 Å². The summed E-state index contributed by atoms with van der Waals surface area (Å²) < 4.78 is 1.60. The Kier molecular flexibility index (Phi) is 4.26. The zero-order valence-corrected chi connectivity index (χ0v) is 12.0. The number of halogens is 1. The van der Waals surface area contributed by atoms with Crippen LogP contribution in [0.5, 0.6) is 0 Å². The maximum atomic E-state index is 12.1. The molecular weight excluding hydrogens is 292 g/mol. The van der Waals surface area contributed by atoms with Gasteiger partial charge in [-0.1, -0.05) is 11.6 Å². The van der Waals surface area contributed by atoms with Gasteiger partial charge in [0.1, 0.15) is 6.07 Å². The summed E-state index contributed by atoms with van der Waals surface area (Å²) >= 11 is 5.89. The van der Waals surface area contributed by atoms with Crippen LogP contribution in [0, 0.1) is 11.3 Å². The van der Waals surface area contributed by atoms with Crippen molar-refractivity contribution in [3.8, 4) is 6.07 Å². The van der Waals surface area contributed by atoms with Crippen LogP contribution in [0.4, 0.5) is 5.69 Å². The van der Waals surface area contributed by atoms with Crippen LogP contribution in [0.1, 0.15) is 12.5 Å². The summed E-state index contributed by atoms with van der Waals surface area (Å²) in [5.41, 5.74) is -0.879. The van der Waals surface area contributed by atoms with Crippen LogP contribution in [0.25, 0.3) is 0 Å². The number of aromatic nitrogens is 2. The number of nitrogens with zero attached hydrogens (tertiary/aromatic N) is 3. The molecule has 1 heterocycles. The van der Waals surface area contributed by atoms with E-state index in [0.717, 1.165) is 0 Å². The highest BCUT2D eigenvalue weighted by Crippen LogP contribution is 2.21. The lowest BCUT2D eigenvalue weighted by atomic mass is 10.1. The monoisotopic (exact) mass is 304 g/mol. The summed E-state index contributed by atoms with van der Waals surface area (Å²) in [5.74, 6) is -0.572. The number of benzene rings is 1. The van der Waals surface area contributed by atoms with Crippen LogP contribution in [0.2, 0.25) is 5.02 Å². The normalized spacial score (nSPS) is 13.2. The molecule has 1 atom stereocenters. The third-order valence-corrected chi connectivity index (χ3v) is 3.20. The number of hydrogen-bond acceptors (Lipinski definition) is 4. The first-order valence-electron chi connectivity index (χ1n) is 6.11. The predicted octanol–water partition coefficient (Wildman–Crippen LogP) is 1.80. The van der Waals surface area contributed by atoms with E-state index in [9.17, 15) is 9.90 Å². The van der Waals surface area contributed by atoms with Crippen molar-refractivity contribution in [3.63, 3.8) is 0 Å². The molecule has 0 saturated heterocycles.